The summed E-state index contributed by atoms with van der Waals surface area (Å²) in [5, 5.41) is 3.75. The molecule has 1 N–H and O–H groups in total. The van der Waals surface area contributed by atoms with Crippen LogP contribution in [0.15, 0.2) is 10.1 Å². The summed E-state index contributed by atoms with van der Waals surface area (Å²) >= 11 is 0. The second-order valence-corrected chi connectivity index (χ2v) is 1.37. The Morgan fingerprint density at radius 1 is 1.86 bits per heavy atom. The lowest BCUT2D eigenvalue weighted by Crippen LogP contribution is -2.14. The van der Waals surface area contributed by atoms with Crippen LogP contribution < -0.4 is 5.43 Å². The standard InChI is InChI=1S/C4H7N3/c1-4-2-6-7-3-5-4/h2,7H,3H2,1H3. The maximum absolute atomic E-state index is 3.99. The van der Waals surface area contributed by atoms with Crippen molar-refractivity contribution < 1.29 is 0 Å². The molecule has 0 aliphatic carbocycles. The minimum atomic E-state index is 0.627. The summed E-state index contributed by atoms with van der Waals surface area (Å²) in [5.41, 5.74) is 3.68. The normalized spacial score (nSPS) is 18.1. The zero-order chi connectivity index (χ0) is 5.11. The van der Waals surface area contributed by atoms with E-state index in [0.29, 0.717) is 6.67 Å². The third-order valence-electron chi connectivity index (χ3n) is 0.742. The quantitative estimate of drug-likeness (QED) is 0.453. The number of hydrazone groups is 1. The highest BCUT2D eigenvalue weighted by Gasteiger charge is 1.86. The van der Waals surface area contributed by atoms with E-state index in [0.717, 1.165) is 5.71 Å². The monoisotopic (exact) mass is 97.1 g/mol. The first-order chi connectivity index (χ1) is 3.39. The summed E-state index contributed by atoms with van der Waals surface area (Å²) < 4.78 is 0. The number of hydrogen-bond acceptors (Lipinski definition) is 3. The Morgan fingerprint density at radius 3 is 3.00 bits per heavy atom. The van der Waals surface area contributed by atoms with E-state index in [-0.39, 0.29) is 0 Å². The van der Waals surface area contributed by atoms with Crippen LogP contribution in [0.3, 0.4) is 0 Å². The molecule has 3 heteroatoms. The van der Waals surface area contributed by atoms with Crippen LogP contribution in [0.25, 0.3) is 0 Å². The fourth-order valence-corrected chi connectivity index (χ4v) is 0.381. The molecule has 0 saturated heterocycles. The van der Waals surface area contributed by atoms with E-state index < -0.39 is 0 Å². The van der Waals surface area contributed by atoms with Crippen molar-refractivity contribution in [3.63, 3.8) is 0 Å². The Bertz CT molecular complexity index is 114. The third-order valence-corrected chi connectivity index (χ3v) is 0.742. The summed E-state index contributed by atoms with van der Waals surface area (Å²) in [4.78, 5) is 3.99. The second-order valence-electron chi connectivity index (χ2n) is 1.37. The van der Waals surface area contributed by atoms with Crippen LogP contribution in [-0.4, -0.2) is 18.6 Å². The Balaban J connectivity index is 2.58. The highest BCUT2D eigenvalue weighted by Crippen LogP contribution is 1.76. The maximum atomic E-state index is 3.99. The van der Waals surface area contributed by atoms with Crippen LogP contribution in [0.2, 0.25) is 0 Å². The first-order valence-electron chi connectivity index (χ1n) is 2.16. The first-order valence-corrected chi connectivity index (χ1v) is 2.16. The van der Waals surface area contributed by atoms with Crippen LogP contribution in [0.1, 0.15) is 6.92 Å². The van der Waals surface area contributed by atoms with Crippen LogP contribution in [0.5, 0.6) is 0 Å². The topological polar surface area (TPSA) is 36.8 Å². The van der Waals surface area contributed by atoms with Gasteiger partial charge in [0.05, 0.1) is 11.9 Å². The van der Waals surface area contributed by atoms with Crippen molar-refractivity contribution in [2.45, 2.75) is 6.92 Å². The van der Waals surface area contributed by atoms with Gasteiger partial charge in [-0.05, 0) is 6.92 Å². The van der Waals surface area contributed by atoms with Crippen molar-refractivity contribution in [2.75, 3.05) is 6.67 Å². The third kappa shape index (κ3) is 0.994. The van der Waals surface area contributed by atoms with Gasteiger partial charge in [-0.2, -0.15) is 5.10 Å². The van der Waals surface area contributed by atoms with Crippen molar-refractivity contribution in [3.05, 3.63) is 0 Å². The molecule has 0 aromatic heterocycles. The van der Waals surface area contributed by atoms with Gasteiger partial charge in [0, 0.05) is 0 Å². The molecule has 0 radical (unpaired) electrons. The summed E-state index contributed by atoms with van der Waals surface area (Å²) in [6.45, 7) is 2.55. The fraction of sp³-hybridized carbons (Fsp3) is 0.500. The minimum absolute atomic E-state index is 0.627. The van der Waals surface area contributed by atoms with Crippen LogP contribution in [0, 0.1) is 0 Å². The largest absolute Gasteiger partial charge is 0.289 e. The van der Waals surface area contributed by atoms with Crippen molar-refractivity contribution in [1.82, 2.24) is 5.43 Å². The summed E-state index contributed by atoms with van der Waals surface area (Å²) in [6.07, 6.45) is 1.70. The van der Waals surface area contributed by atoms with Crippen LogP contribution in [-0.2, 0) is 0 Å². The molecular weight excluding hydrogens is 90.1 g/mol. The number of hydrogen-bond donors (Lipinski definition) is 1. The highest BCUT2D eigenvalue weighted by atomic mass is 15.3. The molecule has 1 heterocycles. The molecule has 0 unspecified atom stereocenters. The molecule has 38 valence electrons. The van der Waals surface area contributed by atoms with E-state index in [2.05, 4.69) is 15.5 Å². The van der Waals surface area contributed by atoms with Crippen LogP contribution >= 0.6 is 0 Å². The Morgan fingerprint density at radius 2 is 2.71 bits per heavy atom. The van der Waals surface area contributed by atoms with Crippen molar-refractivity contribution in [2.24, 2.45) is 10.1 Å². The van der Waals surface area contributed by atoms with E-state index in [1.165, 1.54) is 0 Å². The molecule has 0 aromatic rings. The molecule has 1 rings (SSSR count). The van der Waals surface area contributed by atoms with E-state index in [9.17, 15) is 0 Å². The number of rotatable bonds is 0. The average molecular weight is 97.1 g/mol. The number of aliphatic imine (C=N–C) groups is 1. The molecule has 1 aliphatic heterocycles. The van der Waals surface area contributed by atoms with Gasteiger partial charge >= 0.3 is 0 Å². The molecule has 0 aromatic carbocycles. The van der Waals surface area contributed by atoms with Gasteiger partial charge in [0.2, 0.25) is 0 Å². The summed E-state index contributed by atoms with van der Waals surface area (Å²) in [6, 6.07) is 0. The zero-order valence-corrected chi connectivity index (χ0v) is 4.18. The van der Waals surface area contributed by atoms with Crippen molar-refractivity contribution in [3.8, 4) is 0 Å². The fourth-order valence-electron chi connectivity index (χ4n) is 0.381. The van der Waals surface area contributed by atoms with Crippen molar-refractivity contribution in [1.29, 1.82) is 0 Å². The minimum Gasteiger partial charge on any atom is -0.289 e. The van der Waals surface area contributed by atoms with Gasteiger partial charge in [0.15, 0.2) is 0 Å². The van der Waals surface area contributed by atoms with E-state index in [4.69, 9.17) is 0 Å². The van der Waals surface area contributed by atoms with Gasteiger partial charge in [-0.3, -0.25) is 10.4 Å². The molecule has 0 bridgehead atoms. The zero-order valence-electron chi connectivity index (χ0n) is 4.18. The number of nitrogens with one attached hydrogen (secondary N) is 1. The van der Waals surface area contributed by atoms with Gasteiger partial charge in [0.1, 0.15) is 6.67 Å². The molecule has 0 atom stereocenters. The molecule has 1 aliphatic rings. The van der Waals surface area contributed by atoms with Gasteiger partial charge in [0.25, 0.3) is 0 Å². The lowest BCUT2D eigenvalue weighted by Gasteiger charge is -1.99. The SMILES string of the molecule is CC1=NCNN=C1. The predicted octanol–water partition coefficient (Wildman–Crippen LogP) is -0.00620. The molecule has 0 saturated carbocycles. The van der Waals surface area contributed by atoms with Crippen molar-refractivity contribution >= 4 is 11.9 Å². The predicted molar refractivity (Wildman–Crippen MR) is 29.6 cm³/mol. The van der Waals surface area contributed by atoms with Gasteiger partial charge in [-0.15, -0.1) is 0 Å². The first kappa shape index (κ1) is 4.30. The highest BCUT2D eigenvalue weighted by molar-refractivity contribution is 6.29. The molecular formula is C4H7N3. The average Bonchev–Trinajstić information content (AvgIpc) is 1.69. The molecule has 0 spiro atoms. The molecule has 3 nitrogen and oxygen atoms in total. The van der Waals surface area contributed by atoms with E-state index in [1.807, 2.05) is 6.92 Å². The lowest BCUT2D eigenvalue weighted by atomic mass is 10.5. The van der Waals surface area contributed by atoms with Gasteiger partial charge in [-0.25, -0.2) is 0 Å². The Labute approximate surface area is 42.1 Å². The van der Waals surface area contributed by atoms with Gasteiger partial charge < -0.3 is 0 Å². The maximum Gasteiger partial charge on any atom is 0.123 e. The van der Waals surface area contributed by atoms with Gasteiger partial charge in [-0.1, -0.05) is 0 Å². The number of nitrogens with zero attached hydrogens (tertiary/aromatic N) is 2. The Hall–Kier alpha value is -0.860. The van der Waals surface area contributed by atoms with E-state index in [1.54, 1.807) is 6.21 Å². The summed E-state index contributed by atoms with van der Waals surface area (Å²) in [7, 11) is 0. The van der Waals surface area contributed by atoms with E-state index >= 15 is 0 Å². The van der Waals surface area contributed by atoms with Crippen LogP contribution in [0.4, 0.5) is 0 Å². The molecule has 0 fully saturated rings. The molecule has 0 amide bonds. The molecule has 7 heavy (non-hydrogen) atoms. The Kier molecular flexibility index (Phi) is 1.06. The lowest BCUT2D eigenvalue weighted by molar-refractivity contribution is 0.758. The smallest absolute Gasteiger partial charge is 0.123 e. The second kappa shape index (κ2) is 1.73. The summed E-state index contributed by atoms with van der Waals surface area (Å²) in [5.74, 6) is 0.